The van der Waals surface area contributed by atoms with Gasteiger partial charge < -0.3 is 9.80 Å². The van der Waals surface area contributed by atoms with Crippen LogP contribution in [0, 0.1) is 12.7 Å². The topological polar surface area (TPSA) is 65.5 Å². The van der Waals surface area contributed by atoms with Crippen LogP contribution in [0.2, 0.25) is 5.02 Å². The highest BCUT2D eigenvalue weighted by atomic mass is 35.5. The van der Waals surface area contributed by atoms with Crippen LogP contribution in [-0.2, 0) is 16.6 Å². The van der Waals surface area contributed by atoms with Gasteiger partial charge in [0.15, 0.2) is 0 Å². The maximum atomic E-state index is 13.2. The molecule has 2 heterocycles. The fraction of sp³-hybridized carbons (Fsp3) is 0.261. The van der Waals surface area contributed by atoms with E-state index >= 15 is 0 Å². The number of nitrogens with zero attached hydrogens (tertiary/aromatic N) is 3. The van der Waals surface area contributed by atoms with Crippen LogP contribution >= 0.6 is 11.6 Å². The number of anilines is 2. The van der Waals surface area contributed by atoms with Crippen LogP contribution in [0.15, 0.2) is 65.7 Å². The molecule has 1 aromatic heterocycles. The van der Waals surface area contributed by atoms with Gasteiger partial charge in [0.2, 0.25) is 10.0 Å². The van der Waals surface area contributed by atoms with Crippen molar-refractivity contribution in [3.8, 4) is 0 Å². The Balaban J connectivity index is 1.39. The number of aromatic nitrogens is 1. The summed E-state index contributed by atoms with van der Waals surface area (Å²) >= 11 is 6.13. The lowest BCUT2D eigenvalue weighted by Crippen LogP contribution is -2.46. The third-order valence-electron chi connectivity index (χ3n) is 5.45. The molecule has 0 bridgehead atoms. The van der Waals surface area contributed by atoms with Crippen molar-refractivity contribution in [3.63, 3.8) is 0 Å². The van der Waals surface area contributed by atoms with Gasteiger partial charge in [-0.1, -0.05) is 17.7 Å². The highest BCUT2D eigenvalue weighted by Gasteiger charge is 2.20. The number of piperazine rings is 1. The van der Waals surface area contributed by atoms with Crippen molar-refractivity contribution in [2.75, 3.05) is 36.0 Å². The molecule has 0 aliphatic carbocycles. The van der Waals surface area contributed by atoms with Crippen molar-refractivity contribution in [1.82, 2.24) is 9.71 Å². The van der Waals surface area contributed by atoms with E-state index in [-0.39, 0.29) is 22.3 Å². The molecular weight excluding hydrogens is 451 g/mol. The minimum Gasteiger partial charge on any atom is -0.368 e. The summed E-state index contributed by atoms with van der Waals surface area (Å²) in [5, 5.41) is 0.201. The maximum absolute atomic E-state index is 13.2. The number of benzene rings is 2. The van der Waals surface area contributed by atoms with Gasteiger partial charge in [-0.3, -0.25) is 0 Å². The number of pyridine rings is 1. The lowest BCUT2D eigenvalue weighted by Gasteiger charge is -2.36. The standard InChI is InChI=1S/C23H24ClFN4O2S/c1-17-2-7-22(21(24)14-17)32(30,31)27-16-18-8-9-26-23(15-18)29-12-10-28(11-13-29)20-5-3-19(25)4-6-20/h2-9,14-15,27H,10-13,16H2,1H3. The van der Waals surface area contributed by atoms with Crippen LogP contribution in [0.1, 0.15) is 11.1 Å². The van der Waals surface area contributed by atoms with Crippen LogP contribution in [0.4, 0.5) is 15.9 Å². The van der Waals surface area contributed by atoms with E-state index in [9.17, 15) is 12.8 Å². The average molecular weight is 475 g/mol. The lowest BCUT2D eigenvalue weighted by molar-refractivity contribution is 0.581. The SMILES string of the molecule is Cc1ccc(S(=O)(=O)NCc2ccnc(N3CCN(c4ccc(F)cc4)CC3)c2)c(Cl)c1. The molecule has 0 saturated carbocycles. The third-order valence-corrected chi connectivity index (χ3v) is 7.33. The molecule has 1 saturated heterocycles. The molecule has 4 rings (SSSR count). The maximum Gasteiger partial charge on any atom is 0.242 e. The summed E-state index contributed by atoms with van der Waals surface area (Å²) in [7, 11) is -3.73. The molecule has 3 aromatic rings. The van der Waals surface area contributed by atoms with Gasteiger partial charge in [-0.05, 0) is 66.6 Å². The van der Waals surface area contributed by atoms with Gasteiger partial charge in [0.25, 0.3) is 0 Å². The largest absolute Gasteiger partial charge is 0.368 e. The highest BCUT2D eigenvalue weighted by Crippen LogP contribution is 2.23. The van der Waals surface area contributed by atoms with Crippen molar-refractivity contribution in [1.29, 1.82) is 0 Å². The second-order valence-electron chi connectivity index (χ2n) is 7.73. The summed E-state index contributed by atoms with van der Waals surface area (Å²) in [6, 6.07) is 15.1. The summed E-state index contributed by atoms with van der Waals surface area (Å²) in [6.45, 7) is 5.09. The summed E-state index contributed by atoms with van der Waals surface area (Å²) in [4.78, 5) is 8.89. The molecule has 0 amide bonds. The minimum absolute atomic E-state index is 0.0657. The molecule has 0 spiro atoms. The molecule has 0 unspecified atom stereocenters. The van der Waals surface area contributed by atoms with Gasteiger partial charge in [-0.25, -0.2) is 22.5 Å². The number of hydrogen-bond acceptors (Lipinski definition) is 5. The zero-order valence-corrected chi connectivity index (χ0v) is 19.2. The third kappa shape index (κ3) is 5.20. The predicted octanol–water partition coefficient (Wildman–Crippen LogP) is 3.99. The van der Waals surface area contributed by atoms with Gasteiger partial charge in [-0.15, -0.1) is 0 Å². The quantitative estimate of drug-likeness (QED) is 0.585. The molecule has 1 fully saturated rings. The van der Waals surface area contributed by atoms with Gasteiger partial charge in [0.1, 0.15) is 16.5 Å². The molecular formula is C23H24ClFN4O2S. The molecule has 1 aliphatic heterocycles. The monoisotopic (exact) mass is 474 g/mol. The Morgan fingerprint density at radius 3 is 2.38 bits per heavy atom. The zero-order valence-electron chi connectivity index (χ0n) is 17.6. The molecule has 0 atom stereocenters. The fourth-order valence-electron chi connectivity index (χ4n) is 3.67. The lowest BCUT2D eigenvalue weighted by atomic mass is 10.2. The van der Waals surface area contributed by atoms with E-state index < -0.39 is 10.0 Å². The van der Waals surface area contributed by atoms with E-state index in [2.05, 4.69) is 19.5 Å². The Kier molecular flexibility index (Phi) is 6.64. The number of sulfonamides is 1. The van der Waals surface area contributed by atoms with E-state index in [0.717, 1.165) is 48.8 Å². The van der Waals surface area contributed by atoms with E-state index in [0.29, 0.717) is 0 Å². The zero-order chi connectivity index (χ0) is 22.7. The first kappa shape index (κ1) is 22.5. The van der Waals surface area contributed by atoms with Crippen molar-refractivity contribution in [3.05, 3.63) is 82.8 Å². The molecule has 168 valence electrons. The van der Waals surface area contributed by atoms with Crippen LogP contribution in [0.25, 0.3) is 0 Å². The first-order valence-corrected chi connectivity index (χ1v) is 12.1. The van der Waals surface area contributed by atoms with E-state index in [1.807, 2.05) is 13.0 Å². The molecule has 9 heteroatoms. The Labute approximate surface area is 192 Å². The molecule has 0 radical (unpaired) electrons. The van der Waals surface area contributed by atoms with Crippen LogP contribution in [0.5, 0.6) is 0 Å². The van der Waals surface area contributed by atoms with Crippen molar-refractivity contribution in [2.45, 2.75) is 18.4 Å². The summed E-state index contributed by atoms with van der Waals surface area (Å²) in [6.07, 6.45) is 1.68. The molecule has 6 nitrogen and oxygen atoms in total. The second kappa shape index (κ2) is 9.44. The first-order valence-electron chi connectivity index (χ1n) is 10.3. The minimum atomic E-state index is -3.73. The normalized spacial score (nSPS) is 14.6. The number of aryl methyl sites for hydroxylation is 1. The van der Waals surface area contributed by atoms with E-state index in [4.69, 9.17) is 11.6 Å². The molecule has 2 aromatic carbocycles. The number of rotatable bonds is 6. The Morgan fingerprint density at radius 2 is 1.69 bits per heavy atom. The second-order valence-corrected chi connectivity index (χ2v) is 9.87. The van der Waals surface area contributed by atoms with Gasteiger partial charge in [-0.2, -0.15) is 0 Å². The molecule has 1 aliphatic rings. The average Bonchev–Trinajstić information content (AvgIpc) is 2.78. The Morgan fingerprint density at radius 1 is 1.00 bits per heavy atom. The van der Waals surface area contributed by atoms with Crippen molar-refractivity contribution < 1.29 is 12.8 Å². The summed E-state index contributed by atoms with van der Waals surface area (Å²) in [5.74, 6) is 0.558. The summed E-state index contributed by atoms with van der Waals surface area (Å²) in [5.41, 5.74) is 2.70. The van der Waals surface area contributed by atoms with Gasteiger partial charge >= 0.3 is 0 Å². The number of halogens is 2. The van der Waals surface area contributed by atoms with Crippen LogP contribution in [-0.4, -0.2) is 39.6 Å². The van der Waals surface area contributed by atoms with Crippen molar-refractivity contribution in [2.24, 2.45) is 0 Å². The molecule has 32 heavy (non-hydrogen) atoms. The van der Waals surface area contributed by atoms with Crippen LogP contribution in [0.3, 0.4) is 0 Å². The van der Waals surface area contributed by atoms with Gasteiger partial charge in [0, 0.05) is 44.6 Å². The summed E-state index contributed by atoms with van der Waals surface area (Å²) < 4.78 is 41.1. The number of nitrogens with one attached hydrogen (secondary N) is 1. The Hall–Kier alpha value is -2.68. The van der Waals surface area contributed by atoms with E-state index in [1.165, 1.54) is 18.2 Å². The molecule has 1 N–H and O–H groups in total. The first-order chi connectivity index (χ1) is 15.3. The predicted molar refractivity (Wildman–Crippen MR) is 125 cm³/mol. The Bertz CT molecular complexity index is 1200. The smallest absolute Gasteiger partial charge is 0.242 e. The highest BCUT2D eigenvalue weighted by molar-refractivity contribution is 7.89. The van der Waals surface area contributed by atoms with E-state index in [1.54, 1.807) is 36.5 Å². The fourth-order valence-corrected chi connectivity index (χ4v) is 5.28. The number of hydrogen-bond donors (Lipinski definition) is 1. The van der Waals surface area contributed by atoms with Gasteiger partial charge in [0.05, 0.1) is 5.02 Å². The van der Waals surface area contributed by atoms with Crippen molar-refractivity contribution >= 4 is 33.1 Å². The van der Waals surface area contributed by atoms with Crippen LogP contribution < -0.4 is 14.5 Å².